The molecule has 1 aromatic carbocycles. The van der Waals surface area contributed by atoms with Gasteiger partial charge in [-0.05, 0) is 42.5 Å². The Hall–Kier alpha value is -1.40. The monoisotopic (exact) mass is 324 g/mol. The Balaban J connectivity index is 2.11. The van der Waals surface area contributed by atoms with Crippen LogP contribution in [0.4, 0.5) is 5.69 Å². The fourth-order valence-corrected chi connectivity index (χ4v) is 4.30. The lowest BCUT2D eigenvalue weighted by atomic mass is 9.78. The number of hydrogen-bond acceptors (Lipinski definition) is 3. The molecule has 22 heavy (non-hydrogen) atoms. The third kappa shape index (κ3) is 4.08. The molecule has 0 bridgehead atoms. The lowest BCUT2D eigenvalue weighted by Gasteiger charge is -2.34. The van der Waals surface area contributed by atoms with Gasteiger partial charge in [0.25, 0.3) is 0 Å². The van der Waals surface area contributed by atoms with Crippen LogP contribution in [0.15, 0.2) is 29.2 Å². The molecule has 122 valence electrons. The summed E-state index contributed by atoms with van der Waals surface area (Å²) >= 11 is 0. The molecule has 0 spiro atoms. The topological polar surface area (TPSA) is 75.3 Å². The van der Waals surface area contributed by atoms with E-state index in [1.807, 2.05) is 0 Å². The molecule has 0 aliphatic heterocycles. The van der Waals surface area contributed by atoms with E-state index in [1.54, 1.807) is 12.1 Å². The van der Waals surface area contributed by atoms with Crippen molar-refractivity contribution in [2.75, 3.05) is 5.32 Å². The van der Waals surface area contributed by atoms with Gasteiger partial charge in [0.2, 0.25) is 15.9 Å². The van der Waals surface area contributed by atoms with Crippen molar-refractivity contribution in [3.05, 3.63) is 24.3 Å². The average molecular weight is 324 g/mol. The van der Waals surface area contributed by atoms with E-state index in [1.165, 1.54) is 19.1 Å². The van der Waals surface area contributed by atoms with Crippen LogP contribution in [-0.2, 0) is 14.8 Å². The van der Waals surface area contributed by atoms with Gasteiger partial charge in [-0.2, -0.15) is 0 Å². The van der Waals surface area contributed by atoms with Crippen LogP contribution >= 0.6 is 0 Å². The van der Waals surface area contributed by atoms with Crippen LogP contribution in [0.5, 0.6) is 0 Å². The summed E-state index contributed by atoms with van der Waals surface area (Å²) in [6.45, 7) is 5.70. The molecule has 1 saturated carbocycles. The molecule has 1 fully saturated rings. The fourth-order valence-electron chi connectivity index (χ4n) is 2.94. The minimum absolute atomic E-state index is 0.0104. The van der Waals surface area contributed by atoms with Crippen molar-refractivity contribution < 1.29 is 13.2 Å². The van der Waals surface area contributed by atoms with Gasteiger partial charge in [-0.1, -0.05) is 26.7 Å². The van der Waals surface area contributed by atoms with E-state index in [2.05, 4.69) is 23.9 Å². The summed E-state index contributed by atoms with van der Waals surface area (Å²) < 4.78 is 27.8. The van der Waals surface area contributed by atoms with Gasteiger partial charge in [-0.15, -0.1) is 0 Å². The first-order chi connectivity index (χ1) is 10.3. The number of nitrogens with one attached hydrogen (secondary N) is 2. The summed E-state index contributed by atoms with van der Waals surface area (Å²) in [6.07, 6.45) is 3.10. The Morgan fingerprint density at radius 1 is 1.14 bits per heavy atom. The van der Waals surface area contributed by atoms with Gasteiger partial charge in [-0.3, -0.25) is 4.79 Å². The normalized spacial score (nSPS) is 25.7. The minimum atomic E-state index is -3.52. The van der Waals surface area contributed by atoms with Crippen LogP contribution in [0.25, 0.3) is 0 Å². The Labute approximate surface area is 132 Å². The molecular weight excluding hydrogens is 300 g/mol. The predicted molar refractivity (Wildman–Crippen MR) is 87.0 cm³/mol. The summed E-state index contributed by atoms with van der Waals surface area (Å²) in [6, 6.07) is 6.23. The summed E-state index contributed by atoms with van der Waals surface area (Å²) in [5.74, 6) is 0.685. The summed E-state index contributed by atoms with van der Waals surface area (Å²) in [7, 11) is -3.52. The third-order valence-corrected chi connectivity index (χ3v) is 6.00. The molecule has 0 saturated heterocycles. The quantitative estimate of drug-likeness (QED) is 0.894. The van der Waals surface area contributed by atoms with Crippen molar-refractivity contribution in [2.45, 2.75) is 51.0 Å². The van der Waals surface area contributed by atoms with Crippen LogP contribution in [0, 0.1) is 11.8 Å². The van der Waals surface area contributed by atoms with E-state index < -0.39 is 10.0 Å². The minimum Gasteiger partial charge on any atom is -0.326 e. The molecule has 0 heterocycles. The van der Waals surface area contributed by atoms with Gasteiger partial charge in [0.05, 0.1) is 4.90 Å². The second-order valence-electron chi connectivity index (χ2n) is 6.20. The number of amides is 1. The number of hydrogen-bond donors (Lipinski definition) is 2. The van der Waals surface area contributed by atoms with E-state index >= 15 is 0 Å². The highest BCUT2D eigenvalue weighted by Crippen LogP contribution is 2.30. The highest BCUT2D eigenvalue weighted by atomic mass is 32.2. The molecule has 6 heteroatoms. The smallest absolute Gasteiger partial charge is 0.240 e. The molecule has 2 N–H and O–H groups in total. The maximum atomic E-state index is 12.5. The summed E-state index contributed by atoms with van der Waals surface area (Å²) in [5, 5.41) is 2.62. The van der Waals surface area contributed by atoms with Gasteiger partial charge in [-0.25, -0.2) is 13.1 Å². The number of carbonyl (C=O) groups is 1. The van der Waals surface area contributed by atoms with E-state index in [0.717, 1.165) is 19.3 Å². The van der Waals surface area contributed by atoms with Crippen LogP contribution in [0.1, 0.15) is 40.0 Å². The van der Waals surface area contributed by atoms with E-state index in [9.17, 15) is 13.2 Å². The SMILES string of the molecule is CC(=O)Nc1ccc(S(=O)(=O)N[C@H]2CCC[C@H](C)[C@H]2C)cc1. The van der Waals surface area contributed by atoms with E-state index in [0.29, 0.717) is 17.5 Å². The molecule has 0 radical (unpaired) electrons. The maximum absolute atomic E-state index is 12.5. The molecule has 1 aliphatic rings. The second kappa shape index (κ2) is 6.79. The Bertz CT molecular complexity index is 625. The third-order valence-electron chi connectivity index (χ3n) is 4.50. The molecule has 5 nitrogen and oxygen atoms in total. The van der Waals surface area contributed by atoms with Gasteiger partial charge < -0.3 is 5.32 Å². The zero-order valence-corrected chi connectivity index (χ0v) is 14.1. The van der Waals surface area contributed by atoms with Crippen molar-refractivity contribution in [2.24, 2.45) is 11.8 Å². The Morgan fingerprint density at radius 3 is 2.36 bits per heavy atom. The zero-order chi connectivity index (χ0) is 16.3. The number of benzene rings is 1. The lowest BCUT2D eigenvalue weighted by Crippen LogP contribution is -2.43. The molecule has 0 unspecified atom stereocenters. The molecule has 1 aromatic rings. The maximum Gasteiger partial charge on any atom is 0.240 e. The molecule has 1 amide bonds. The molecule has 0 aromatic heterocycles. The van der Waals surface area contributed by atoms with Crippen molar-refractivity contribution in [1.29, 1.82) is 0 Å². The van der Waals surface area contributed by atoms with E-state index in [4.69, 9.17) is 0 Å². The first-order valence-electron chi connectivity index (χ1n) is 7.69. The Morgan fingerprint density at radius 2 is 1.77 bits per heavy atom. The van der Waals surface area contributed by atoms with Crippen molar-refractivity contribution in [3.8, 4) is 0 Å². The predicted octanol–water partition coefficient (Wildman–Crippen LogP) is 2.75. The van der Waals surface area contributed by atoms with Crippen LogP contribution in [0.2, 0.25) is 0 Å². The number of rotatable bonds is 4. The highest BCUT2D eigenvalue weighted by molar-refractivity contribution is 7.89. The number of anilines is 1. The van der Waals surface area contributed by atoms with Crippen molar-refractivity contribution >= 4 is 21.6 Å². The van der Waals surface area contributed by atoms with Gasteiger partial charge in [0, 0.05) is 18.7 Å². The Kier molecular flexibility index (Phi) is 5.24. The second-order valence-corrected chi connectivity index (χ2v) is 7.91. The lowest BCUT2D eigenvalue weighted by molar-refractivity contribution is -0.114. The van der Waals surface area contributed by atoms with Crippen LogP contribution in [-0.4, -0.2) is 20.4 Å². The zero-order valence-electron chi connectivity index (χ0n) is 13.3. The molecule has 3 atom stereocenters. The van der Waals surface area contributed by atoms with Gasteiger partial charge in [0.1, 0.15) is 0 Å². The average Bonchev–Trinajstić information content (AvgIpc) is 2.44. The largest absolute Gasteiger partial charge is 0.326 e. The standard InChI is InChI=1S/C16H24N2O3S/c1-11-5-4-6-16(12(11)2)18-22(20,21)15-9-7-14(8-10-15)17-13(3)19/h7-12,16,18H,4-6H2,1-3H3,(H,17,19)/t11-,12+,16-/m0/s1. The van der Waals surface area contributed by atoms with E-state index in [-0.39, 0.29) is 16.8 Å². The van der Waals surface area contributed by atoms with Gasteiger partial charge in [0.15, 0.2) is 0 Å². The highest BCUT2D eigenvalue weighted by Gasteiger charge is 2.30. The fraction of sp³-hybridized carbons (Fsp3) is 0.562. The summed E-state index contributed by atoms with van der Waals surface area (Å²) in [5.41, 5.74) is 0.589. The van der Waals surface area contributed by atoms with Crippen molar-refractivity contribution in [3.63, 3.8) is 0 Å². The first-order valence-corrected chi connectivity index (χ1v) is 9.18. The van der Waals surface area contributed by atoms with Gasteiger partial charge >= 0.3 is 0 Å². The summed E-state index contributed by atoms with van der Waals surface area (Å²) in [4.78, 5) is 11.2. The van der Waals surface area contributed by atoms with Crippen LogP contribution < -0.4 is 10.0 Å². The number of carbonyl (C=O) groups excluding carboxylic acids is 1. The molecule has 2 rings (SSSR count). The van der Waals surface area contributed by atoms with Crippen LogP contribution in [0.3, 0.4) is 0 Å². The van der Waals surface area contributed by atoms with Crippen molar-refractivity contribution in [1.82, 2.24) is 4.72 Å². The molecular formula is C16H24N2O3S. The molecule has 1 aliphatic carbocycles. The number of sulfonamides is 1. The first kappa shape index (κ1) is 17.0.